The molecule has 0 aliphatic heterocycles. The van der Waals surface area contributed by atoms with E-state index >= 15 is 0 Å². The van der Waals surface area contributed by atoms with Crippen LogP contribution in [0.4, 0.5) is 8.78 Å². The molecule has 1 aromatic carbocycles. The highest BCUT2D eigenvalue weighted by Crippen LogP contribution is 2.15. The minimum absolute atomic E-state index is 0.0262. The normalized spacial score (nSPS) is 12.2. The van der Waals surface area contributed by atoms with Crippen molar-refractivity contribution in [3.63, 3.8) is 0 Å². The van der Waals surface area contributed by atoms with E-state index in [1.807, 2.05) is 6.92 Å². The summed E-state index contributed by atoms with van der Waals surface area (Å²) >= 11 is 0. The van der Waals surface area contributed by atoms with Crippen molar-refractivity contribution in [1.82, 2.24) is 10.3 Å². The summed E-state index contributed by atoms with van der Waals surface area (Å²) in [7, 11) is 0. The van der Waals surface area contributed by atoms with E-state index in [1.165, 1.54) is 12.3 Å². The molecule has 1 amide bonds. The molecule has 2 aromatic rings. The van der Waals surface area contributed by atoms with Gasteiger partial charge in [-0.2, -0.15) is 0 Å². The first kappa shape index (κ1) is 16.1. The molecule has 0 saturated heterocycles. The number of hydrogen-bond donors (Lipinski definition) is 2. The number of oxazole rings is 1. The van der Waals surface area contributed by atoms with Gasteiger partial charge >= 0.3 is 0 Å². The fourth-order valence-corrected chi connectivity index (χ4v) is 1.96. The van der Waals surface area contributed by atoms with Gasteiger partial charge in [0.25, 0.3) is 5.91 Å². The van der Waals surface area contributed by atoms with E-state index in [2.05, 4.69) is 10.3 Å². The van der Waals surface area contributed by atoms with Crippen LogP contribution in [0.2, 0.25) is 0 Å². The van der Waals surface area contributed by atoms with Crippen LogP contribution in [0.25, 0.3) is 0 Å². The predicted molar refractivity (Wildman–Crippen MR) is 75.9 cm³/mol. The molecule has 5 nitrogen and oxygen atoms in total. The summed E-state index contributed by atoms with van der Waals surface area (Å²) in [4.78, 5) is 15.9. The number of hydrogen-bond acceptors (Lipinski definition) is 4. The van der Waals surface area contributed by atoms with Crippen molar-refractivity contribution in [2.45, 2.75) is 32.4 Å². The van der Waals surface area contributed by atoms with Gasteiger partial charge in [-0.3, -0.25) is 4.79 Å². The first-order valence-corrected chi connectivity index (χ1v) is 6.95. The number of carbonyl (C=O) groups excluding carboxylic acids is 1. The third-order valence-electron chi connectivity index (χ3n) is 3.16. The lowest BCUT2D eigenvalue weighted by Crippen LogP contribution is -2.24. The second-order valence-corrected chi connectivity index (χ2v) is 4.85. The highest BCUT2D eigenvalue weighted by molar-refractivity contribution is 5.91. The first-order chi connectivity index (χ1) is 10.5. The summed E-state index contributed by atoms with van der Waals surface area (Å²) in [6.45, 7) is 1.69. The van der Waals surface area contributed by atoms with Crippen molar-refractivity contribution < 1.29 is 18.0 Å². The Morgan fingerprint density at radius 1 is 1.41 bits per heavy atom. The monoisotopic (exact) mass is 309 g/mol. The molecule has 1 heterocycles. The third-order valence-corrected chi connectivity index (χ3v) is 3.16. The molecule has 0 aliphatic carbocycles. The molecule has 118 valence electrons. The van der Waals surface area contributed by atoms with Gasteiger partial charge in [0.15, 0.2) is 5.69 Å². The average molecular weight is 309 g/mol. The van der Waals surface area contributed by atoms with Gasteiger partial charge in [0.2, 0.25) is 5.89 Å². The zero-order chi connectivity index (χ0) is 16.1. The molecule has 22 heavy (non-hydrogen) atoms. The number of benzene rings is 1. The number of carbonyl (C=O) groups is 1. The lowest BCUT2D eigenvalue weighted by Gasteiger charge is -2.06. The first-order valence-electron chi connectivity index (χ1n) is 6.95. The molecule has 0 fully saturated rings. The molecule has 1 unspecified atom stereocenters. The van der Waals surface area contributed by atoms with Gasteiger partial charge in [0.05, 0.1) is 6.04 Å². The van der Waals surface area contributed by atoms with Crippen LogP contribution in [-0.4, -0.2) is 10.9 Å². The van der Waals surface area contributed by atoms with Crippen LogP contribution in [0.3, 0.4) is 0 Å². The summed E-state index contributed by atoms with van der Waals surface area (Å²) in [5.41, 5.74) is 5.66. The van der Waals surface area contributed by atoms with Crippen LogP contribution >= 0.6 is 0 Å². The molecule has 1 aromatic heterocycles. The van der Waals surface area contributed by atoms with Crippen molar-refractivity contribution in [3.8, 4) is 0 Å². The number of nitrogens with two attached hydrogens (primary N) is 1. The van der Waals surface area contributed by atoms with E-state index in [4.69, 9.17) is 10.2 Å². The highest BCUT2D eigenvalue weighted by Gasteiger charge is 2.17. The topological polar surface area (TPSA) is 81.1 Å². The molecule has 1 atom stereocenters. The SMILES string of the molecule is CCCC(N)c1nc(C(=O)NCc2c(F)cccc2F)co1. The van der Waals surface area contributed by atoms with Gasteiger partial charge in [-0.1, -0.05) is 19.4 Å². The lowest BCUT2D eigenvalue weighted by atomic mass is 10.2. The summed E-state index contributed by atoms with van der Waals surface area (Å²) in [6.07, 6.45) is 2.72. The average Bonchev–Trinajstić information content (AvgIpc) is 2.97. The van der Waals surface area contributed by atoms with Gasteiger partial charge in [-0.05, 0) is 18.6 Å². The molecular weight excluding hydrogens is 292 g/mol. The Kier molecular flexibility index (Phi) is 5.21. The number of rotatable bonds is 6. The fraction of sp³-hybridized carbons (Fsp3) is 0.333. The predicted octanol–water partition coefficient (Wildman–Crippen LogP) is 2.68. The van der Waals surface area contributed by atoms with E-state index in [-0.39, 0.29) is 29.7 Å². The van der Waals surface area contributed by atoms with Gasteiger partial charge in [0.1, 0.15) is 17.9 Å². The van der Waals surface area contributed by atoms with Crippen LogP contribution in [0.15, 0.2) is 28.9 Å². The van der Waals surface area contributed by atoms with Gasteiger partial charge < -0.3 is 15.5 Å². The molecule has 2 rings (SSSR count). The minimum Gasteiger partial charge on any atom is -0.446 e. The van der Waals surface area contributed by atoms with Crippen molar-refractivity contribution in [2.75, 3.05) is 0 Å². The van der Waals surface area contributed by atoms with Crippen molar-refractivity contribution in [1.29, 1.82) is 0 Å². The van der Waals surface area contributed by atoms with E-state index in [1.54, 1.807) is 0 Å². The summed E-state index contributed by atoms with van der Waals surface area (Å²) in [5, 5.41) is 2.40. The summed E-state index contributed by atoms with van der Waals surface area (Å²) in [5.74, 6) is -1.75. The van der Waals surface area contributed by atoms with Gasteiger partial charge in [0, 0.05) is 12.1 Å². The zero-order valence-corrected chi connectivity index (χ0v) is 12.1. The Labute approximate surface area is 126 Å². The van der Waals surface area contributed by atoms with Crippen LogP contribution in [0.1, 0.15) is 47.7 Å². The minimum atomic E-state index is -0.717. The standard InChI is InChI=1S/C15H17F2N3O2/c1-2-4-12(18)15-20-13(8-22-15)14(21)19-7-9-10(16)5-3-6-11(9)17/h3,5-6,8,12H,2,4,7,18H2,1H3,(H,19,21). The molecule has 0 radical (unpaired) electrons. The number of aromatic nitrogens is 1. The summed E-state index contributed by atoms with van der Waals surface area (Å²) in [6, 6.07) is 3.13. The number of halogens is 2. The molecule has 0 spiro atoms. The Morgan fingerprint density at radius 2 is 2.09 bits per heavy atom. The maximum absolute atomic E-state index is 13.5. The Hall–Kier alpha value is -2.28. The Morgan fingerprint density at radius 3 is 2.73 bits per heavy atom. The quantitative estimate of drug-likeness (QED) is 0.859. The van der Waals surface area contributed by atoms with Crippen molar-refractivity contribution in [3.05, 3.63) is 53.2 Å². The molecule has 0 saturated carbocycles. The van der Waals surface area contributed by atoms with E-state index < -0.39 is 17.5 Å². The maximum atomic E-state index is 13.5. The zero-order valence-electron chi connectivity index (χ0n) is 12.1. The molecular formula is C15H17F2N3O2. The van der Waals surface area contributed by atoms with Crippen LogP contribution < -0.4 is 11.1 Å². The van der Waals surface area contributed by atoms with Crippen molar-refractivity contribution >= 4 is 5.91 Å². The number of nitrogens with one attached hydrogen (secondary N) is 1. The highest BCUT2D eigenvalue weighted by atomic mass is 19.1. The lowest BCUT2D eigenvalue weighted by molar-refractivity contribution is 0.0945. The summed E-state index contributed by atoms with van der Waals surface area (Å²) < 4.78 is 32.1. The molecule has 0 bridgehead atoms. The molecule has 7 heteroatoms. The second-order valence-electron chi connectivity index (χ2n) is 4.85. The number of amides is 1. The smallest absolute Gasteiger partial charge is 0.273 e. The van der Waals surface area contributed by atoms with E-state index in [0.29, 0.717) is 6.42 Å². The molecule has 3 N–H and O–H groups in total. The number of nitrogens with zero attached hydrogens (tertiary/aromatic N) is 1. The second kappa shape index (κ2) is 7.13. The largest absolute Gasteiger partial charge is 0.446 e. The third kappa shape index (κ3) is 3.67. The van der Waals surface area contributed by atoms with Crippen LogP contribution in [0, 0.1) is 11.6 Å². The maximum Gasteiger partial charge on any atom is 0.273 e. The van der Waals surface area contributed by atoms with Gasteiger partial charge in [-0.25, -0.2) is 13.8 Å². The molecule has 0 aliphatic rings. The van der Waals surface area contributed by atoms with Gasteiger partial charge in [-0.15, -0.1) is 0 Å². The Balaban J connectivity index is 2.01. The Bertz CT molecular complexity index is 638. The van der Waals surface area contributed by atoms with E-state index in [9.17, 15) is 13.6 Å². The fourth-order valence-electron chi connectivity index (χ4n) is 1.96. The van der Waals surface area contributed by atoms with E-state index in [0.717, 1.165) is 18.6 Å². The van der Waals surface area contributed by atoms with Crippen molar-refractivity contribution in [2.24, 2.45) is 5.73 Å². The van der Waals surface area contributed by atoms with Crippen LogP contribution in [0.5, 0.6) is 0 Å². The van der Waals surface area contributed by atoms with Crippen LogP contribution in [-0.2, 0) is 6.54 Å².